The minimum Gasteiger partial charge on any atom is -0.433 e. The molecule has 6 heteroatoms. The summed E-state index contributed by atoms with van der Waals surface area (Å²) in [4.78, 5) is 15.1. The molecule has 1 heterocycles. The van der Waals surface area contributed by atoms with E-state index in [4.69, 9.17) is 4.42 Å². The number of Topliss-reactive ketones (excluding diaryl/α,β-unsaturated/α-hetero) is 1. The van der Waals surface area contributed by atoms with E-state index >= 15 is 0 Å². The van der Waals surface area contributed by atoms with Crippen LogP contribution in [0, 0.1) is 0 Å². The minimum absolute atomic E-state index is 0.0261. The largest absolute Gasteiger partial charge is 0.433 e. The van der Waals surface area contributed by atoms with Gasteiger partial charge in [0.05, 0.1) is 10.9 Å². The number of carbonyl (C=O) groups is 1. The van der Waals surface area contributed by atoms with Crippen LogP contribution in [-0.2, 0) is 0 Å². The van der Waals surface area contributed by atoms with E-state index in [2.05, 4.69) is 20.9 Å². The van der Waals surface area contributed by atoms with Crippen molar-refractivity contribution in [2.45, 2.75) is 6.43 Å². The molecule has 0 saturated heterocycles. The molecule has 0 amide bonds. The van der Waals surface area contributed by atoms with Crippen molar-refractivity contribution >= 4 is 32.8 Å². The Balaban J connectivity index is 2.61. The van der Waals surface area contributed by atoms with Crippen molar-refractivity contribution in [2.24, 2.45) is 0 Å². The van der Waals surface area contributed by atoms with E-state index in [9.17, 15) is 13.6 Å². The molecular formula is C10H6BrF2NO2. The quantitative estimate of drug-likeness (QED) is 0.643. The Hall–Kier alpha value is -1.30. The summed E-state index contributed by atoms with van der Waals surface area (Å²) < 4.78 is 30.3. The maximum atomic E-state index is 12.6. The number of para-hydroxylation sites is 1. The second-order valence-electron chi connectivity index (χ2n) is 3.07. The van der Waals surface area contributed by atoms with Gasteiger partial charge in [-0.1, -0.05) is 22.0 Å². The van der Waals surface area contributed by atoms with Crippen LogP contribution in [0.25, 0.3) is 11.1 Å². The first-order chi connectivity index (χ1) is 7.63. The monoisotopic (exact) mass is 289 g/mol. The Labute approximate surface area is 97.6 Å². The van der Waals surface area contributed by atoms with E-state index in [0.717, 1.165) is 0 Å². The lowest BCUT2D eigenvalue weighted by Crippen LogP contribution is -1.99. The van der Waals surface area contributed by atoms with Crippen molar-refractivity contribution in [1.29, 1.82) is 0 Å². The lowest BCUT2D eigenvalue weighted by Gasteiger charge is -1.97. The van der Waals surface area contributed by atoms with Crippen LogP contribution in [0.4, 0.5) is 8.78 Å². The molecule has 0 aliphatic rings. The SMILES string of the molecule is O=C(CBr)c1nc2cccc(C(F)F)c2o1. The van der Waals surface area contributed by atoms with E-state index in [1.807, 2.05) is 0 Å². The Bertz CT molecular complexity index is 539. The summed E-state index contributed by atoms with van der Waals surface area (Å²) in [7, 11) is 0. The van der Waals surface area contributed by atoms with Crippen molar-refractivity contribution in [2.75, 3.05) is 5.33 Å². The maximum absolute atomic E-state index is 12.6. The molecule has 0 bridgehead atoms. The summed E-state index contributed by atoms with van der Waals surface area (Å²) in [5, 5.41) is 0.0455. The Morgan fingerprint density at radius 3 is 2.88 bits per heavy atom. The second-order valence-corrected chi connectivity index (χ2v) is 3.63. The number of aromatic nitrogens is 1. The number of nitrogens with zero attached hydrogens (tertiary/aromatic N) is 1. The number of oxazole rings is 1. The summed E-state index contributed by atoms with van der Waals surface area (Å²) in [6, 6.07) is 4.23. The summed E-state index contributed by atoms with van der Waals surface area (Å²) in [5.74, 6) is -0.531. The molecule has 2 rings (SSSR count). The van der Waals surface area contributed by atoms with Crippen molar-refractivity contribution < 1.29 is 18.0 Å². The van der Waals surface area contributed by atoms with Gasteiger partial charge in [-0.15, -0.1) is 0 Å². The number of benzene rings is 1. The summed E-state index contributed by atoms with van der Waals surface area (Å²) in [6.45, 7) is 0. The zero-order chi connectivity index (χ0) is 11.7. The highest BCUT2D eigenvalue weighted by Gasteiger charge is 2.19. The molecule has 0 N–H and O–H groups in total. The van der Waals surface area contributed by atoms with Gasteiger partial charge in [0, 0.05) is 0 Å². The Kier molecular flexibility index (Phi) is 3.00. The molecule has 0 radical (unpaired) electrons. The average molecular weight is 290 g/mol. The number of carbonyl (C=O) groups excluding carboxylic acids is 1. The van der Waals surface area contributed by atoms with Crippen LogP contribution in [0.5, 0.6) is 0 Å². The molecule has 0 saturated carbocycles. The number of hydrogen-bond acceptors (Lipinski definition) is 3. The predicted molar refractivity (Wildman–Crippen MR) is 57.1 cm³/mol. The summed E-state index contributed by atoms with van der Waals surface area (Å²) in [5.41, 5.74) is -0.0116. The van der Waals surface area contributed by atoms with Gasteiger partial charge in [-0.25, -0.2) is 13.8 Å². The van der Waals surface area contributed by atoms with Gasteiger partial charge in [0.2, 0.25) is 5.78 Å². The van der Waals surface area contributed by atoms with Gasteiger partial charge >= 0.3 is 0 Å². The minimum atomic E-state index is -2.65. The van der Waals surface area contributed by atoms with Crippen molar-refractivity contribution in [3.8, 4) is 0 Å². The van der Waals surface area contributed by atoms with Gasteiger partial charge in [-0.05, 0) is 12.1 Å². The third-order valence-corrected chi connectivity index (χ3v) is 2.55. The van der Waals surface area contributed by atoms with Crippen LogP contribution >= 0.6 is 15.9 Å². The van der Waals surface area contributed by atoms with E-state index in [-0.39, 0.29) is 33.7 Å². The van der Waals surface area contributed by atoms with Crippen molar-refractivity contribution in [3.05, 3.63) is 29.7 Å². The van der Waals surface area contributed by atoms with E-state index in [1.165, 1.54) is 18.2 Å². The summed E-state index contributed by atoms with van der Waals surface area (Å²) in [6.07, 6.45) is -2.65. The molecule has 0 fully saturated rings. The fourth-order valence-electron chi connectivity index (χ4n) is 1.32. The molecule has 0 spiro atoms. The number of ketones is 1. The Morgan fingerprint density at radius 2 is 2.25 bits per heavy atom. The highest BCUT2D eigenvalue weighted by atomic mass is 79.9. The molecule has 0 aliphatic heterocycles. The van der Waals surface area contributed by atoms with Gasteiger partial charge in [0.15, 0.2) is 5.58 Å². The summed E-state index contributed by atoms with van der Waals surface area (Å²) >= 11 is 2.96. The van der Waals surface area contributed by atoms with Gasteiger partial charge in [0.1, 0.15) is 5.52 Å². The zero-order valence-corrected chi connectivity index (χ0v) is 9.50. The van der Waals surface area contributed by atoms with Gasteiger partial charge in [-0.3, -0.25) is 4.79 Å². The first kappa shape index (κ1) is 11.2. The maximum Gasteiger partial charge on any atom is 0.267 e. The van der Waals surface area contributed by atoms with E-state index < -0.39 is 6.43 Å². The highest BCUT2D eigenvalue weighted by Crippen LogP contribution is 2.28. The van der Waals surface area contributed by atoms with Crippen LogP contribution in [0.15, 0.2) is 22.6 Å². The van der Waals surface area contributed by atoms with E-state index in [0.29, 0.717) is 0 Å². The molecule has 0 aliphatic carbocycles. The van der Waals surface area contributed by atoms with Crippen LogP contribution in [-0.4, -0.2) is 16.1 Å². The smallest absolute Gasteiger partial charge is 0.267 e. The molecule has 2 aromatic rings. The molecule has 84 valence electrons. The number of alkyl halides is 3. The zero-order valence-electron chi connectivity index (χ0n) is 7.91. The fraction of sp³-hybridized carbons (Fsp3) is 0.200. The third kappa shape index (κ3) is 1.84. The van der Waals surface area contributed by atoms with Crippen molar-refractivity contribution in [1.82, 2.24) is 4.98 Å². The number of hydrogen-bond donors (Lipinski definition) is 0. The molecule has 3 nitrogen and oxygen atoms in total. The normalized spacial score (nSPS) is 11.2. The van der Waals surface area contributed by atoms with Gasteiger partial charge in [0.25, 0.3) is 12.3 Å². The molecular weight excluding hydrogens is 284 g/mol. The fourth-order valence-corrected chi connectivity index (χ4v) is 1.56. The lowest BCUT2D eigenvalue weighted by molar-refractivity contribution is 0.0988. The first-order valence-electron chi connectivity index (χ1n) is 4.40. The highest BCUT2D eigenvalue weighted by molar-refractivity contribution is 9.09. The number of fused-ring (bicyclic) bond motifs is 1. The first-order valence-corrected chi connectivity index (χ1v) is 5.52. The molecule has 1 aromatic heterocycles. The third-order valence-electron chi connectivity index (χ3n) is 2.04. The number of rotatable bonds is 3. The Morgan fingerprint density at radius 1 is 1.50 bits per heavy atom. The van der Waals surface area contributed by atoms with Crippen molar-refractivity contribution in [3.63, 3.8) is 0 Å². The lowest BCUT2D eigenvalue weighted by atomic mass is 10.2. The second kappa shape index (κ2) is 4.29. The van der Waals surface area contributed by atoms with Crippen LogP contribution in [0.2, 0.25) is 0 Å². The van der Waals surface area contributed by atoms with Crippen LogP contribution in [0.3, 0.4) is 0 Å². The van der Waals surface area contributed by atoms with Crippen LogP contribution < -0.4 is 0 Å². The predicted octanol–water partition coefficient (Wildman–Crippen LogP) is 3.34. The average Bonchev–Trinajstić information content (AvgIpc) is 2.70. The van der Waals surface area contributed by atoms with Gasteiger partial charge in [-0.2, -0.15) is 0 Å². The number of halogens is 3. The topological polar surface area (TPSA) is 43.1 Å². The van der Waals surface area contributed by atoms with E-state index in [1.54, 1.807) is 0 Å². The standard InChI is InChI=1S/C10H6BrF2NO2/c11-4-7(15)10-14-6-3-1-2-5(9(12)13)8(6)16-10/h1-3,9H,4H2. The molecule has 1 aromatic carbocycles. The molecule has 0 atom stereocenters. The van der Waals surface area contributed by atoms with Gasteiger partial charge < -0.3 is 4.42 Å². The molecule has 0 unspecified atom stereocenters. The molecule has 16 heavy (non-hydrogen) atoms. The van der Waals surface area contributed by atoms with Crippen LogP contribution in [0.1, 0.15) is 22.7 Å².